The molecule has 0 fully saturated rings. The third-order valence-corrected chi connectivity index (χ3v) is 5.88. The molecule has 0 saturated heterocycles. The maximum absolute atomic E-state index is 13.8. The first-order chi connectivity index (χ1) is 16.5. The second-order valence-corrected chi connectivity index (χ2v) is 8.26. The lowest BCUT2D eigenvalue weighted by molar-refractivity contribution is 0.324. The molecule has 0 unspecified atom stereocenters. The fraction of sp³-hybridized carbons (Fsp3) is 0.304. The summed E-state index contributed by atoms with van der Waals surface area (Å²) in [5, 5.41) is 12.6. The number of hydrogen-bond donors (Lipinski definition) is 0. The summed E-state index contributed by atoms with van der Waals surface area (Å²) in [6.07, 6.45) is 1.32. The molecule has 0 spiro atoms. The van der Waals surface area contributed by atoms with E-state index in [1.165, 1.54) is 17.8 Å². The Labute approximate surface area is 199 Å². The van der Waals surface area contributed by atoms with Crippen LogP contribution in [0.1, 0.15) is 17.9 Å². The summed E-state index contributed by atoms with van der Waals surface area (Å²) in [6, 6.07) is 8.35. The van der Waals surface area contributed by atoms with E-state index >= 15 is 0 Å². The number of thioether (sulfide) groups is 1. The largest absolute Gasteiger partial charge is 0.493 e. The van der Waals surface area contributed by atoms with Gasteiger partial charge in [-0.05, 0) is 37.1 Å². The smallest absolute Gasteiger partial charge is 0.276 e. The predicted octanol–water partition coefficient (Wildman–Crippen LogP) is 4.98. The number of halogens is 1. The van der Waals surface area contributed by atoms with Crippen molar-refractivity contribution in [2.75, 3.05) is 27.1 Å². The van der Waals surface area contributed by atoms with Crippen LogP contribution in [-0.4, -0.2) is 47.4 Å². The molecule has 4 aromatic rings. The molecule has 0 saturated carbocycles. The second kappa shape index (κ2) is 10.6. The Hall–Kier alpha value is -3.60. The van der Waals surface area contributed by atoms with Crippen LogP contribution in [0, 0.1) is 12.7 Å². The van der Waals surface area contributed by atoms with Crippen molar-refractivity contribution in [2.45, 2.75) is 25.0 Å². The van der Waals surface area contributed by atoms with Crippen LogP contribution in [0.15, 0.2) is 44.5 Å². The van der Waals surface area contributed by atoms with E-state index in [4.69, 9.17) is 23.2 Å². The number of rotatable bonds is 10. The minimum Gasteiger partial charge on any atom is -0.493 e. The lowest BCUT2D eigenvalue weighted by Crippen LogP contribution is -1.95. The van der Waals surface area contributed by atoms with Crippen LogP contribution in [0.25, 0.3) is 22.8 Å². The van der Waals surface area contributed by atoms with Crippen LogP contribution in [-0.2, 0) is 6.42 Å². The first-order valence-corrected chi connectivity index (χ1v) is 11.4. The minimum atomic E-state index is -0.300. The summed E-state index contributed by atoms with van der Waals surface area (Å²) in [5.41, 5.74) is 1.80. The van der Waals surface area contributed by atoms with E-state index in [9.17, 15) is 4.39 Å². The van der Waals surface area contributed by atoms with E-state index < -0.39 is 0 Å². The molecule has 0 radical (unpaired) electrons. The number of ether oxygens (including phenoxy) is 3. The predicted molar refractivity (Wildman–Crippen MR) is 123 cm³/mol. The van der Waals surface area contributed by atoms with E-state index in [1.807, 2.05) is 0 Å². The van der Waals surface area contributed by atoms with Gasteiger partial charge in [-0.25, -0.2) is 4.39 Å². The summed E-state index contributed by atoms with van der Waals surface area (Å²) in [7, 11) is 4.63. The molecule has 178 valence electrons. The van der Waals surface area contributed by atoms with E-state index in [1.54, 1.807) is 52.5 Å². The molecular weight excluding hydrogens is 463 g/mol. The summed E-state index contributed by atoms with van der Waals surface area (Å²) >= 11 is 1.42. The molecule has 2 aromatic carbocycles. The van der Waals surface area contributed by atoms with Gasteiger partial charge in [0.1, 0.15) is 5.82 Å². The Morgan fingerprint density at radius 2 is 1.74 bits per heavy atom. The molecule has 34 heavy (non-hydrogen) atoms. The molecular formula is C23H23FN4O5S. The summed E-state index contributed by atoms with van der Waals surface area (Å²) in [5.74, 6) is 3.08. The Kier molecular flexibility index (Phi) is 7.31. The number of nitrogens with zero attached hydrogens (tertiary/aromatic N) is 4. The van der Waals surface area contributed by atoms with Gasteiger partial charge in [0.05, 0.1) is 21.3 Å². The molecule has 0 atom stereocenters. The van der Waals surface area contributed by atoms with Gasteiger partial charge in [-0.15, -0.1) is 10.2 Å². The highest BCUT2D eigenvalue weighted by Crippen LogP contribution is 2.41. The normalized spacial score (nSPS) is 11.0. The molecule has 0 aliphatic carbocycles. The van der Waals surface area contributed by atoms with Crippen LogP contribution >= 0.6 is 11.8 Å². The zero-order valence-electron chi connectivity index (χ0n) is 19.1. The molecule has 4 rings (SSSR count). The summed E-state index contributed by atoms with van der Waals surface area (Å²) in [4.78, 5) is 4.35. The van der Waals surface area contributed by atoms with Crippen molar-refractivity contribution in [3.63, 3.8) is 0 Å². The molecule has 0 amide bonds. The fourth-order valence-corrected chi connectivity index (χ4v) is 3.88. The second-order valence-electron chi connectivity index (χ2n) is 7.21. The molecule has 2 heterocycles. The van der Waals surface area contributed by atoms with Crippen LogP contribution < -0.4 is 14.2 Å². The highest BCUT2D eigenvalue weighted by Gasteiger charge is 2.18. The first-order valence-electron chi connectivity index (χ1n) is 10.4. The lowest BCUT2D eigenvalue weighted by Gasteiger charge is -2.12. The lowest BCUT2D eigenvalue weighted by atomic mass is 10.1. The van der Waals surface area contributed by atoms with E-state index in [-0.39, 0.29) is 5.82 Å². The Morgan fingerprint density at radius 1 is 0.971 bits per heavy atom. The maximum atomic E-state index is 13.8. The monoisotopic (exact) mass is 486 g/mol. The molecule has 0 aliphatic heterocycles. The van der Waals surface area contributed by atoms with Gasteiger partial charge in [-0.1, -0.05) is 29.1 Å². The molecule has 11 heteroatoms. The summed E-state index contributed by atoms with van der Waals surface area (Å²) < 4.78 is 40.9. The molecule has 2 aromatic heterocycles. The zero-order valence-corrected chi connectivity index (χ0v) is 19.9. The van der Waals surface area contributed by atoms with Gasteiger partial charge in [0.2, 0.25) is 23.4 Å². The highest BCUT2D eigenvalue weighted by atomic mass is 32.2. The van der Waals surface area contributed by atoms with Crippen molar-refractivity contribution in [1.82, 2.24) is 20.3 Å². The van der Waals surface area contributed by atoms with Crippen molar-refractivity contribution in [1.29, 1.82) is 0 Å². The van der Waals surface area contributed by atoms with Gasteiger partial charge in [-0.2, -0.15) is 4.98 Å². The number of aromatic nitrogens is 4. The van der Waals surface area contributed by atoms with Crippen molar-refractivity contribution in [3.8, 4) is 40.1 Å². The Morgan fingerprint density at radius 3 is 2.41 bits per heavy atom. The van der Waals surface area contributed by atoms with Gasteiger partial charge in [0, 0.05) is 23.3 Å². The van der Waals surface area contributed by atoms with E-state index in [0.29, 0.717) is 68.9 Å². The van der Waals surface area contributed by atoms with Gasteiger partial charge in [-0.3, -0.25) is 0 Å². The average Bonchev–Trinajstić information content (AvgIpc) is 3.52. The Balaban J connectivity index is 1.34. The topological polar surface area (TPSA) is 106 Å². The van der Waals surface area contributed by atoms with Gasteiger partial charge >= 0.3 is 0 Å². The van der Waals surface area contributed by atoms with E-state index in [0.717, 1.165) is 6.42 Å². The molecule has 9 nitrogen and oxygen atoms in total. The van der Waals surface area contributed by atoms with Crippen molar-refractivity contribution < 1.29 is 27.5 Å². The van der Waals surface area contributed by atoms with Gasteiger partial charge < -0.3 is 23.2 Å². The molecule has 0 N–H and O–H groups in total. The van der Waals surface area contributed by atoms with Gasteiger partial charge in [0.15, 0.2) is 11.5 Å². The standard InChI is InChI=1S/C23H23FN4O5S/c1-13-7-8-14(10-16(13)24)21-25-19(33-28-21)6-5-9-34-23-27-26-22(32-23)15-11-17(29-2)20(31-4)18(12-15)30-3/h7-8,10-12H,5-6,9H2,1-4H3. The van der Waals surface area contributed by atoms with Crippen molar-refractivity contribution in [3.05, 3.63) is 47.6 Å². The molecule has 0 bridgehead atoms. The first kappa shape index (κ1) is 23.6. The summed E-state index contributed by atoms with van der Waals surface area (Å²) in [6.45, 7) is 1.70. The average molecular weight is 487 g/mol. The van der Waals surface area contributed by atoms with Crippen LogP contribution in [0.2, 0.25) is 0 Å². The fourth-order valence-electron chi connectivity index (χ4n) is 3.18. The van der Waals surface area contributed by atoms with Crippen LogP contribution in [0.3, 0.4) is 0 Å². The van der Waals surface area contributed by atoms with Crippen LogP contribution in [0.4, 0.5) is 4.39 Å². The quantitative estimate of drug-likeness (QED) is 0.225. The number of hydrogen-bond acceptors (Lipinski definition) is 10. The third-order valence-electron chi connectivity index (χ3n) is 4.98. The maximum Gasteiger partial charge on any atom is 0.276 e. The van der Waals surface area contributed by atoms with Crippen LogP contribution in [0.5, 0.6) is 17.2 Å². The van der Waals surface area contributed by atoms with Gasteiger partial charge in [0.25, 0.3) is 5.22 Å². The number of aryl methyl sites for hydroxylation is 2. The van der Waals surface area contributed by atoms with E-state index in [2.05, 4.69) is 20.3 Å². The minimum absolute atomic E-state index is 0.300. The third kappa shape index (κ3) is 5.14. The molecule has 0 aliphatic rings. The number of methoxy groups -OCH3 is 3. The number of benzene rings is 2. The highest BCUT2D eigenvalue weighted by molar-refractivity contribution is 7.99. The SMILES string of the molecule is COc1cc(-c2nnc(SCCCc3nc(-c4ccc(C)c(F)c4)no3)o2)cc(OC)c1OC. The Bertz CT molecular complexity index is 1250. The van der Waals surface area contributed by atoms with Crippen molar-refractivity contribution in [2.24, 2.45) is 0 Å². The van der Waals surface area contributed by atoms with Crippen molar-refractivity contribution >= 4 is 11.8 Å². The zero-order chi connectivity index (χ0) is 24.1.